The van der Waals surface area contributed by atoms with Gasteiger partial charge in [-0.3, -0.25) is 4.98 Å². The molecule has 4 nitrogen and oxygen atoms in total. The lowest BCUT2D eigenvalue weighted by atomic mass is 10.1. The van der Waals surface area contributed by atoms with Crippen LogP contribution in [-0.2, 0) is 6.61 Å². The summed E-state index contributed by atoms with van der Waals surface area (Å²) in [6.45, 7) is 7.20. The average molecular weight is 292 g/mol. The molecule has 1 N–H and O–H groups in total. The Hall–Kier alpha value is -1.81. The van der Waals surface area contributed by atoms with E-state index in [1.54, 1.807) is 12.4 Å². The van der Waals surface area contributed by atoms with E-state index in [0.29, 0.717) is 6.61 Å². The highest BCUT2D eigenvalue weighted by molar-refractivity contribution is 6.30. The lowest BCUT2D eigenvalue weighted by molar-refractivity contribution is 0.296. The van der Waals surface area contributed by atoms with Crippen molar-refractivity contribution in [3.63, 3.8) is 0 Å². The maximum atomic E-state index is 6.00. The van der Waals surface area contributed by atoms with Crippen molar-refractivity contribution in [2.45, 2.75) is 27.4 Å². The monoisotopic (exact) mass is 291 g/mol. The summed E-state index contributed by atoms with van der Waals surface area (Å²) in [5.41, 5.74) is 2.83. The Morgan fingerprint density at radius 3 is 2.40 bits per heavy atom. The minimum atomic E-state index is 0.392. The molecule has 2 aromatic rings. The van der Waals surface area contributed by atoms with Gasteiger partial charge in [0.1, 0.15) is 18.2 Å². The zero-order valence-corrected chi connectivity index (χ0v) is 12.7. The molecular formula is C15H18ClN3O. The second-order valence-corrected chi connectivity index (χ2v) is 5.02. The first-order valence-corrected chi connectivity index (χ1v) is 6.92. The summed E-state index contributed by atoms with van der Waals surface area (Å²) in [6.07, 6.45) is 3.43. The maximum absolute atomic E-state index is 6.00. The van der Waals surface area contributed by atoms with E-state index in [4.69, 9.17) is 16.3 Å². The number of hydrogen-bond donors (Lipinski definition) is 1. The van der Waals surface area contributed by atoms with Crippen LogP contribution in [0.1, 0.15) is 23.7 Å². The Balaban J connectivity index is 2.05. The molecule has 0 radical (unpaired) electrons. The molecule has 1 aromatic carbocycles. The van der Waals surface area contributed by atoms with Crippen LogP contribution in [0.2, 0.25) is 5.02 Å². The molecule has 0 spiro atoms. The Morgan fingerprint density at radius 1 is 1.15 bits per heavy atom. The molecule has 0 bridgehead atoms. The predicted octanol–water partition coefficient (Wildman–Crippen LogP) is 3.76. The lowest BCUT2D eigenvalue weighted by Gasteiger charge is -2.12. The molecule has 0 saturated heterocycles. The first-order valence-electron chi connectivity index (χ1n) is 6.54. The highest BCUT2D eigenvalue weighted by Gasteiger charge is 2.07. The van der Waals surface area contributed by atoms with E-state index >= 15 is 0 Å². The van der Waals surface area contributed by atoms with Gasteiger partial charge in [-0.2, -0.15) is 0 Å². The van der Waals surface area contributed by atoms with Gasteiger partial charge < -0.3 is 10.1 Å². The number of aromatic nitrogens is 2. The van der Waals surface area contributed by atoms with Crippen molar-refractivity contribution in [1.82, 2.24) is 9.97 Å². The summed E-state index contributed by atoms with van der Waals surface area (Å²) >= 11 is 6.00. The average Bonchev–Trinajstić information content (AvgIpc) is 2.39. The SMILES string of the molecule is CCNc1cnc(COc2c(C)cc(Cl)cc2C)cn1. The molecule has 1 heterocycles. The number of rotatable bonds is 5. The number of anilines is 1. The van der Waals surface area contributed by atoms with E-state index in [1.807, 2.05) is 32.9 Å². The number of nitrogens with zero attached hydrogens (tertiary/aromatic N) is 2. The van der Waals surface area contributed by atoms with Crippen molar-refractivity contribution in [1.29, 1.82) is 0 Å². The van der Waals surface area contributed by atoms with E-state index < -0.39 is 0 Å². The van der Waals surface area contributed by atoms with E-state index in [9.17, 15) is 0 Å². The van der Waals surface area contributed by atoms with Gasteiger partial charge in [0.15, 0.2) is 0 Å². The molecule has 0 fully saturated rings. The smallest absolute Gasteiger partial charge is 0.144 e. The number of benzene rings is 1. The molecule has 0 saturated carbocycles. The molecule has 0 aliphatic carbocycles. The van der Waals surface area contributed by atoms with Gasteiger partial charge in [0.25, 0.3) is 0 Å². The summed E-state index contributed by atoms with van der Waals surface area (Å²) in [4.78, 5) is 8.58. The van der Waals surface area contributed by atoms with Gasteiger partial charge in [-0.25, -0.2) is 4.98 Å². The fourth-order valence-corrected chi connectivity index (χ4v) is 2.30. The highest BCUT2D eigenvalue weighted by Crippen LogP contribution is 2.27. The summed E-state index contributed by atoms with van der Waals surface area (Å²) in [5, 5.41) is 3.83. The Kier molecular flexibility index (Phi) is 4.79. The van der Waals surface area contributed by atoms with Crippen LogP contribution in [0.15, 0.2) is 24.5 Å². The maximum Gasteiger partial charge on any atom is 0.144 e. The van der Waals surface area contributed by atoms with Gasteiger partial charge in [0.2, 0.25) is 0 Å². The van der Waals surface area contributed by atoms with E-state index in [1.165, 1.54) is 0 Å². The summed E-state index contributed by atoms with van der Waals surface area (Å²) in [7, 11) is 0. The Labute approximate surface area is 124 Å². The minimum absolute atomic E-state index is 0.392. The zero-order valence-electron chi connectivity index (χ0n) is 11.9. The Morgan fingerprint density at radius 2 is 1.85 bits per heavy atom. The summed E-state index contributed by atoms with van der Waals surface area (Å²) in [5.74, 6) is 1.63. The topological polar surface area (TPSA) is 47.0 Å². The van der Waals surface area contributed by atoms with Crippen molar-refractivity contribution < 1.29 is 4.74 Å². The van der Waals surface area contributed by atoms with Crippen LogP contribution in [0, 0.1) is 13.8 Å². The van der Waals surface area contributed by atoms with Crippen molar-refractivity contribution in [3.05, 3.63) is 46.4 Å². The highest BCUT2D eigenvalue weighted by atomic mass is 35.5. The molecule has 2 rings (SSSR count). The van der Waals surface area contributed by atoms with Crippen molar-refractivity contribution >= 4 is 17.4 Å². The van der Waals surface area contributed by atoms with Crippen LogP contribution < -0.4 is 10.1 Å². The molecule has 0 unspecified atom stereocenters. The molecular weight excluding hydrogens is 274 g/mol. The second kappa shape index (κ2) is 6.57. The third kappa shape index (κ3) is 3.61. The molecule has 0 aliphatic rings. The minimum Gasteiger partial charge on any atom is -0.487 e. The lowest BCUT2D eigenvalue weighted by Crippen LogP contribution is -2.04. The van der Waals surface area contributed by atoms with Crippen LogP contribution >= 0.6 is 11.6 Å². The van der Waals surface area contributed by atoms with Gasteiger partial charge in [-0.05, 0) is 44.0 Å². The van der Waals surface area contributed by atoms with Gasteiger partial charge in [-0.1, -0.05) is 11.6 Å². The molecule has 5 heteroatoms. The van der Waals surface area contributed by atoms with E-state index in [-0.39, 0.29) is 0 Å². The Bertz CT molecular complexity index is 561. The number of nitrogens with one attached hydrogen (secondary N) is 1. The number of aryl methyl sites for hydroxylation is 2. The molecule has 0 atom stereocenters. The van der Waals surface area contributed by atoms with E-state index in [0.717, 1.165) is 40.0 Å². The molecule has 0 amide bonds. The van der Waals surface area contributed by atoms with Crippen molar-refractivity contribution in [2.75, 3.05) is 11.9 Å². The van der Waals surface area contributed by atoms with Crippen LogP contribution in [0.4, 0.5) is 5.82 Å². The molecule has 106 valence electrons. The first kappa shape index (κ1) is 14.6. The first-order chi connectivity index (χ1) is 9.60. The fraction of sp³-hybridized carbons (Fsp3) is 0.333. The zero-order chi connectivity index (χ0) is 14.5. The molecule has 20 heavy (non-hydrogen) atoms. The van der Waals surface area contributed by atoms with Gasteiger partial charge in [0, 0.05) is 11.6 Å². The fourth-order valence-electron chi connectivity index (χ4n) is 1.97. The number of hydrogen-bond acceptors (Lipinski definition) is 4. The quantitative estimate of drug-likeness (QED) is 0.911. The van der Waals surface area contributed by atoms with Crippen LogP contribution in [0.5, 0.6) is 5.75 Å². The summed E-state index contributed by atoms with van der Waals surface area (Å²) in [6, 6.07) is 3.79. The number of ether oxygens (including phenoxy) is 1. The van der Waals surface area contributed by atoms with Gasteiger partial charge in [-0.15, -0.1) is 0 Å². The molecule has 0 aliphatic heterocycles. The summed E-state index contributed by atoms with van der Waals surface area (Å²) < 4.78 is 5.83. The van der Waals surface area contributed by atoms with Gasteiger partial charge >= 0.3 is 0 Å². The van der Waals surface area contributed by atoms with Crippen molar-refractivity contribution in [2.24, 2.45) is 0 Å². The van der Waals surface area contributed by atoms with Crippen LogP contribution in [-0.4, -0.2) is 16.5 Å². The van der Waals surface area contributed by atoms with E-state index in [2.05, 4.69) is 15.3 Å². The van der Waals surface area contributed by atoms with Gasteiger partial charge in [0.05, 0.1) is 18.1 Å². The largest absolute Gasteiger partial charge is 0.487 e. The molecule has 1 aromatic heterocycles. The van der Waals surface area contributed by atoms with Crippen LogP contribution in [0.25, 0.3) is 0 Å². The van der Waals surface area contributed by atoms with Crippen molar-refractivity contribution in [3.8, 4) is 5.75 Å². The van der Waals surface area contributed by atoms with Crippen LogP contribution in [0.3, 0.4) is 0 Å². The third-order valence-electron chi connectivity index (χ3n) is 2.85. The predicted molar refractivity (Wildman–Crippen MR) is 81.5 cm³/mol. The second-order valence-electron chi connectivity index (χ2n) is 4.58. The normalized spacial score (nSPS) is 10.4. The third-order valence-corrected chi connectivity index (χ3v) is 3.07. The standard InChI is InChI=1S/C15H18ClN3O/c1-4-17-14-8-18-13(7-19-14)9-20-15-10(2)5-12(16)6-11(15)3/h5-8H,4,9H2,1-3H3,(H,17,19). The number of halogens is 1.